The summed E-state index contributed by atoms with van der Waals surface area (Å²) < 4.78 is 7.12. The van der Waals surface area contributed by atoms with Gasteiger partial charge in [0.2, 0.25) is 0 Å². The Labute approximate surface area is 192 Å². The van der Waals surface area contributed by atoms with E-state index in [-0.39, 0.29) is 12.1 Å². The summed E-state index contributed by atoms with van der Waals surface area (Å²) in [6, 6.07) is 9.58. The van der Waals surface area contributed by atoms with Crippen LogP contribution < -0.4 is 15.8 Å². The third-order valence-corrected chi connectivity index (χ3v) is 6.37. The number of thiazole rings is 1. The number of rotatable bonds is 8. The standard InChI is InChI=1S/C24H29N5O2S/c1-2-10-26-15-16(14-25)21-12-18(9-11-27-21)31-17-7-8-20-23(13-17)32-24(29-20)28-19-5-3-4-6-22(19)30/h7-9,11-15,19,22,30H,2-6,10,25H2,1H3,(H,28,29)/t19-,22?/m1/s1. The van der Waals surface area contributed by atoms with E-state index in [2.05, 4.69) is 27.2 Å². The second-order valence-corrected chi connectivity index (χ2v) is 8.92. The van der Waals surface area contributed by atoms with Crippen molar-refractivity contribution in [2.24, 2.45) is 10.7 Å². The van der Waals surface area contributed by atoms with Crippen LogP contribution in [0.2, 0.25) is 0 Å². The van der Waals surface area contributed by atoms with Crippen molar-refractivity contribution in [3.63, 3.8) is 0 Å². The zero-order valence-corrected chi connectivity index (χ0v) is 19.0. The van der Waals surface area contributed by atoms with E-state index in [4.69, 9.17) is 10.5 Å². The molecule has 1 fully saturated rings. The van der Waals surface area contributed by atoms with Crippen molar-refractivity contribution in [3.05, 3.63) is 48.4 Å². The van der Waals surface area contributed by atoms with Gasteiger partial charge in [0.05, 0.1) is 28.1 Å². The molecule has 3 aromatic rings. The number of hydrogen-bond acceptors (Lipinski definition) is 8. The Morgan fingerprint density at radius 2 is 2.12 bits per heavy atom. The molecular weight excluding hydrogens is 422 g/mol. The van der Waals surface area contributed by atoms with Crippen molar-refractivity contribution in [2.45, 2.75) is 51.2 Å². The number of anilines is 1. The molecule has 4 rings (SSSR count). The van der Waals surface area contributed by atoms with Gasteiger partial charge in [-0.15, -0.1) is 0 Å². The molecule has 2 aromatic heterocycles. The molecule has 168 valence electrons. The van der Waals surface area contributed by atoms with Gasteiger partial charge in [-0.25, -0.2) is 4.98 Å². The number of allylic oxidation sites excluding steroid dienone is 1. The van der Waals surface area contributed by atoms with Gasteiger partial charge < -0.3 is 20.9 Å². The molecule has 0 saturated heterocycles. The van der Waals surface area contributed by atoms with E-state index >= 15 is 0 Å². The van der Waals surface area contributed by atoms with Crippen LogP contribution in [0.3, 0.4) is 0 Å². The lowest BCUT2D eigenvalue weighted by Gasteiger charge is -2.27. The highest BCUT2D eigenvalue weighted by molar-refractivity contribution is 7.22. The Morgan fingerprint density at radius 3 is 2.94 bits per heavy atom. The number of nitrogens with two attached hydrogens (primary N) is 1. The Balaban J connectivity index is 1.48. The third kappa shape index (κ3) is 5.44. The second-order valence-electron chi connectivity index (χ2n) is 7.89. The first-order valence-electron chi connectivity index (χ1n) is 11.1. The average molecular weight is 452 g/mol. The summed E-state index contributed by atoms with van der Waals surface area (Å²) in [7, 11) is 0. The summed E-state index contributed by atoms with van der Waals surface area (Å²) >= 11 is 1.57. The van der Waals surface area contributed by atoms with Crippen LogP contribution in [0.15, 0.2) is 47.7 Å². The molecule has 0 aliphatic heterocycles. The van der Waals surface area contributed by atoms with Gasteiger partial charge in [0, 0.05) is 42.9 Å². The van der Waals surface area contributed by atoms with E-state index in [0.717, 1.165) is 65.3 Å². The molecule has 7 nitrogen and oxygen atoms in total. The maximum Gasteiger partial charge on any atom is 0.184 e. The second kappa shape index (κ2) is 10.6. The molecule has 1 saturated carbocycles. The first-order chi connectivity index (χ1) is 15.7. The molecule has 0 bridgehead atoms. The highest BCUT2D eigenvalue weighted by Gasteiger charge is 2.23. The molecule has 32 heavy (non-hydrogen) atoms. The summed E-state index contributed by atoms with van der Waals surface area (Å²) in [5.74, 6) is 1.39. The fourth-order valence-corrected chi connectivity index (χ4v) is 4.68. The Bertz CT molecular complexity index is 1110. The van der Waals surface area contributed by atoms with Gasteiger partial charge in [-0.3, -0.25) is 9.98 Å². The van der Waals surface area contributed by atoms with Crippen LogP contribution in [0.25, 0.3) is 15.8 Å². The van der Waals surface area contributed by atoms with Crippen molar-refractivity contribution in [1.82, 2.24) is 9.97 Å². The number of nitrogens with zero attached hydrogens (tertiary/aromatic N) is 3. The predicted molar refractivity (Wildman–Crippen MR) is 132 cm³/mol. The van der Waals surface area contributed by atoms with Crippen LogP contribution in [-0.4, -0.2) is 40.0 Å². The highest BCUT2D eigenvalue weighted by Crippen LogP contribution is 2.33. The fraction of sp³-hybridized carbons (Fsp3) is 0.375. The van der Waals surface area contributed by atoms with Gasteiger partial charge in [0.15, 0.2) is 5.13 Å². The largest absolute Gasteiger partial charge is 0.457 e. The van der Waals surface area contributed by atoms with Crippen LogP contribution in [0.4, 0.5) is 5.13 Å². The molecule has 4 N–H and O–H groups in total. The lowest BCUT2D eigenvalue weighted by atomic mass is 9.93. The van der Waals surface area contributed by atoms with Gasteiger partial charge >= 0.3 is 0 Å². The molecule has 0 radical (unpaired) electrons. The van der Waals surface area contributed by atoms with Crippen molar-refractivity contribution in [1.29, 1.82) is 0 Å². The van der Waals surface area contributed by atoms with E-state index < -0.39 is 0 Å². The molecule has 0 amide bonds. The van der Waals surface area contributed by atoms with Crippen LogP contribution >= 0.6 is 11.3 Å². The van der Waals surface area contributed by atoms with E-state index in [1.54, 1.807) is 23.7 Å². The molecule has 2 heterocycles. The maximum absolute atomic E-state index is 10.2. The zero-order valence-electron chi connectivity index (χ0n) is 18.2. The number of aromatic nitrogens is 2. The van der Waals surface area contributed by atoms with Crippen LogP contribution in [0, 0.1) is 0 Å². The summed E-state index contributed by atoms with van der Waals surface area (Å²) in [5, 5.41) is 14.5. The minimum absolute atomic E-state index is 0.0703. The number of aliphatic imine (C=N–C) groups is 1. The number of aliphatic hydroxyl groups is 1. The number of benzene rings is 1. The van der Waals surface area contributed by atoms with Crippen LogP contribution in [0.1, 0.15) is 44.7 Å². The number of fused-ring (bicyclic) bond motifs is 1. The maximum atomic E-state index is 10.2. The summed E-state index contributed by atoms with van der Waals surface area (Å²) in [4.78, 5) is 13.4. The first kappa shape index (κ1) is 22.2. The monoisotopic (exact) mass is 451 g/mol. The van der Waals surface area contributed by atoms with E-state index in [1.807, 2.05) is 30.3 Å². The number of ether oxygens (including phenoxy) is 1. The lowest BCUT2D eigenvalue weighted by Crippen LogP contribution is -2.36. The van der Waals surface area contributed by atoms with Gasteiger partial charge in [-0.1, -0.05) is 31.1 Å². The van der Waals surface area contributed by atoms with Gasteiger partial charge in [-0.05, 0) is 37.5 Å². The van der Waals surface area contributed by atoms with Gasteiger partial charge in [-0.2, -0.15) is 0 Å². The minimum Gasteiger partial charge on any atom is -0.457 e. The summed E-state index contributed by atoms with van der Waals surface area (Å²) in [6.07, 6.45) is 9.66. The number of pyridine rings is 1. The Morgan fingerprint density at radius 1 is 1.28 bits per heavy atom. The van der Waals surface area contributed by atoms with Crippen molar-refractivity contribution in [2.75, 3.05) is 11.9 Å². The van der Waals surface area contributed by atoms with Crippen molar-refractivity contribution in [3.8, 4) is 11.5 Å². The number of hydrogen-bond donors (Lipinski definition) is 3. The van der Waals surface area contributed by atoms with Crippen LogP contribution in [0.5, 0.6) is 11.5 Å². The molecule has 1 aromatic carbocycles. The number of aliphatic hydroxyl groups excluding tert-OH is 1. The SMILES string of the molecule is CCCN=CC(=CN)c1cc(Oc2ccc3nc(N[C@@H]4CCCCC4O)sc3c2)ccn1. The Kier molecular flexibility index (Phi) is 7.34. The van der Waals surface area contributed by atoms with Gasteiger partial charge in [0.25, 0.3) is 0 Å². The normalized spacial score (nSPS) is 19.5. The van der Waals surface area contributed by atoms with Crippen molar-refractivity contribution < 1.29 is 9.84 Å². The van der Waals surface area contributed by atoms with E-state index in [0.29, 0.717) is 11.4 Å². The van der Waals surface area contributed by atoms with Gasteiger partial charge in [0.1, 0.15) is 11.5 Å². The predicted octanol–water partition coefficient (Wildman–Crippen LogP) is 4.98. The van der Waals surface area contributed by atoms with Crippen LogP contribution in [-0.2, 0) is 0 Å². The lowest BCUT2D eigenvalue weighted by molar-refractivity contribution is 0.116. The summed E-state index contributed by atoms with van der Waals surface area (Å²) in [5.41, 5.74) is 8.14. The number of nitrogens with one attached hydrogen (secondary N) is 1. The highest BCUT2D eigenvalue weighted by atomic mass is 32.1. The molecular formula is C24H29N5O2S. The molecule has 0 spiro atoms. The third-order valence-electron chi connectivity index (χ3n) is 5.42. The molecule has 2 atom stereocenters. The zero-order chi connectivity index (χ0) is 22.3. The van der Waals surface area contributed by atoms with Crippen molar-refractivity contribution >= 4 is 38.5 Å². The Hall–Kier alpha value is -2.97. The first-order valence-corrected chi connectivity index (χ1v) is 11.9. The quantitative estimate of drug-likeness (QED) is 0.417. The summed E-state index contributed by atoms with van der Waals surface area (Å²) in [6.45, 7) is 2.83. The molecule has 1 unspecified atom stereocenters. The molecule has 1 aliphatic rings. The van der Waals surface area contributed by atoms with E-state index in [9.17, 15) is 5.11 Å². The molecule has 8 heteroatoms. The van der Waals surface area contributed by atoms with E-state index in [1.165, 1.54) is 6.20 Å². The smallest absolute Gasteiger partial charge is 0.184 e. The molecule has 1 aliphatic carbocycles. The minimum atomic E-state index is -0.310. The topological polar surface area (TPSA) is 106 Å². The average Bonchev–Trinajstić information content (AvgIpc) is 3.20. The fourth-order valence-electron chi connectivity index (χ4n) is 3.72.